The number of nitrogens with one attached hydrogen (secondary N) is 1. The van der Waals surface area contributed by atoms with Gasteiger partial charge in [0.05, 0.1) is 9.95 Å². The Balaban J connectivity index is 2.22. The fraction of sp³-hybridized carbons (Fsp3) is 0.0909. The van der Waals surface area contributed by atoms with E-state index < -0.39 is 4.92 Å². The number of hydrogen-bond donors (Lipinski definition) is 1. The Morgan fingerprint density at radius 2 is 2.18 bits per heavy atom. The molecule has 1 heterocycles. The summed E-state index contributed by atoms with van der Waals surface area (Å²) < 4.78 is 0. The quantitative estimate of drug-likeness (QED) is 0.675. The van der Waals surface area contributed by atoms with Crippen LogP contribution in [0.4, 0.5) is 11.4 Å². The van der Waals surface area contributed by atoms with Gasteiger partial charge in [-0.05, 0) is 17.5 Å². The summed E-state index contributed by atoms with van der Waals surface area (Å²) in [6, 6.07) is 8.52. The molecule has 1 aromatic heterocycles. The maximum absolute atomic E-state index is 10.8. The van der Waals surface area contributed by atoms with Gasteiger partial charge in [0, 0.05) is 17.5 Å². The molecule has 0 unspecified atom stereocenters. The number of anilines is 1. The summed E-state index contributed by atoms with van der Waals surface area (Å²) in [4.78, 5) is 11.5. The Morgan fingerprint density at radius 3 is 2.82 bits per heavy atom. The van der Waals surface area contributed by atoms with E-state index in [4.69, 9.17) is 11.6 Å². The number of nitro groups is 1. The van der Waals surface area contributed by atoms with Gasteiger partial charge in [-0.15, -0.1) is 11.3 Å². The minimum absolute atomic E-state index is 0.00550. The van der Waals surface area contributed by atoms with Gasteiger partial charge in [-0.25, -0.2) is 0 Å². The molecule has 6 heteroatoms. The van der Waals surface area contributed by atoms with Crippen molar-refractivity contribution in [1.82, 2.24) is 0 Å². The van der Waals surface area contributed by atoms with Crippen molar-refractivity contribution in [2.24, 2.45) is 0 Å². The van der Waals surface area contributed by atoms with E-state index in [-0.39, 0.29) is 5.69 Å². The zero-order valence-corrected chi connectivity index (χ0v) is 10.3. The van der Waals surface area contributed by atoms with Crippen LogP contribution in [0.5, 0.6) is 0 Å². The second-order valence-corrected chi connectivity index (χ2v) is 4.76. The van der Waals surface area contributed by atoms with E-state index in [0.717, 1.165) is 4.88 Å². The number of rotatable bonds is 4. The fourth-order valence-corrected chi connectivity index (χ4v) is 2.31. The molecule has 0 atom stereocenters. The number of benzene rings is 1. The molecule has 0 saturated heterocycles. The van der Waals surface area contributed by atoms with E-state index in [1.165, 1.54) is 6.07 Å². The second kappa shape index (κ2) is 5.16. The van der Waals surface area contributed by atoms with Crippen LogP contribution in [0.3, 0.4) is 0 Å². The summed E-state index contributed by atoms with van der Waals surface area (Å²) in [6.45, 7) is 0.530. The summed E-state index contributed by atoms with van der Waals surface area (Å²) in [5.74, 6) is 0. The van der Waals surface area contributed by atoms with Gasteiger partial charge in [-0.3, -0.25) is 10.1 Å². The van der Waals surface area contributed by atoms with Crippen LogP contribution in [0, 0.1) is 10.1 Å². The highest BCUT2D eigenvalue weighted by Gasteiger charge is 2.16. The van der Waals surface area contributed by atoms with Crippen molar-refractivity contribution in [1.29, 1.82) is 0 Å². The molecule has 0 bridgehead atoms. The van der Waals surface area contributed by atoms with Crippen LogP contribution in [0.25, 0.3) is 0 Å². The minimum atomic E-state index is -0.442. The van der Waals surface area contributed by atoms with E-state index in [1.807, 2.05) is 17.5 Å². The molecule has 1 N–H and O–H groups in total. The molecule has 2 rings (SSSR count). The van der Waals surface area contributed by atoms with Crippen molar-refractivity contribution in [2.45, 2.75) is 6.54 Å². The number of thiophene rings is 1. The first-order valence-corrected chi connectivity index (χ1v) is 6.13. The van der Waals surface area contributed by atoms with E-state index in [9.17, 15) is 10.1 Å². The highest BCUT2D eigenvalue weighted by atomic mass is 35.5. The van der Waals surface area contributed by atoms with Crippen molar-refractivity contribution in [3.05, 3.63) is 55.7 Å². The topological polar surface area (TPSA) is 55.2 Å². The maximum Gasteiger partial charge on any atom is 0.293 e. The highest BCUT2D eigenvalue weighted by Crippen LogP contribution is 2.32. The average Bonchev–Trinajstić information content (AvgIpc) is 2.80. The first-order valence-electron chi connectivity index (χ1n) is 4.87. The summed E-state index contributed by atoms with van der Waals surface area (Å²) in [5, 5.41) is 16.2. The molecule has 2 aromatic rings. The van der Waals surface area contributed by atoms with Gasteiger partial charge in [0.2, 0.25) is 0 Å². The summed E-state index contributed by atoms with van der Waals surface area (Å²) in [6.07, 6.45) is 0. The van der Waals surface area contributed by atoms with Gasteiger partial charge in [-0.2, -0.15) is 0 Å². The minimum Gasteiger partial charge on any atom is -0.373 e. The van der Waals surface area contributed by atoms with E-state index in [2.05, 4.69) is 5.32 Å². The van der Waals surface area contributed by atoms with Crippen molar-refractivity contribution in [2.75, 3.05) is 5.32 Å². The molecule has 1 aromatic carbocycles. The molecule has 0 radical (unpaired) electrons. The molecular formula is C11H9ClN2O2S. The molecule has 0 aliphatic rings. The predicted octanol–water partition coefficient (Wildman–Crippen LogP) is 3.92. The lowest BCUT2D eigenvalue weighted by molar-refractivity contribution is -0.383. The van der Waals surface area contributed by atoms with Crippen LogP contribution in [0.15, 0.2) is 35.7 Å². The summed E-state index contributed by atoms with van der Waals surface area (Å²) in [5.41, 5.74) is 0.363. The third kappa shape index (κ3) is 2.75. The van der Waals surface area contributed by atoms with Gasteiger partial charge in [-0.1, -0.05) is 23.7 Å². The van der Waals surface area contributed by atoms with Crippen molar-refractivity contribution < 1.29 is 4.92 Å². The van der Waals surface area contributed by atoms with Crippen molar-refractivity contribution in [3.8, 4) is 0 Å². The fourth-order valence-electron chi connectivity index (χ4n) is 1.43. The molecule has 17 heavy (non-hydrogen) atoms. The van der Waals surface area contributed by atoms with E-state index >= 15 is 0 Å². The number of nitrogens with zero attached hydrogens (tertiary/aromatic N) is 1. The second-order valence-electron chi connectivity index (χ2n) is 3.32. The van der Waals surface area contributed by atoms with Crippen LogP contribution in [0.2, 0.25) is 5.02 Å². The third-order valence-electron chi connectivity index (χ3n) is 2.21. The Labute approximate surface area is 107 Å². The van der Waals surface area contributed by atoms with Crippen LogP contribution < -0.4 is 5.32 Å². The predicted molar refractivity (Wildman–Crippen MR) is 69.8 cm³/mol. The SMILES string of the molecule is O=[N+]([O-])c1cccc(Cl)c1NCc1cccs1. The third-order valence-corrected chi connectivity index (χ3v) is 3.40. The lowest BCUT2D eigenvalue weighted by atomic mass is 10.2. The summed E-state index contributed by atoms with van der Waals surface area (Å²) >= 11 is 7.54. The Hall–Kier alpha value is -1.59. The van der Waals surface area contributed by atoms with E-state index in [0.29, 0.717) is 17.3 Å². The lowest BCUT2D eigenvalue weighted by Gasteiger charge is -2.07. The van der Waals surface area contributed by atoms with Crippen molar-refractivity contribution in [3.63, 3.8) is 0 Å². The maximum atomic E-state index is 10.8. The molecule has 0 aliphatic heterocycles. The van der Waals surface area contributed by atoms with Gasteiger partial charge >= 0.3 is 0 Å². The zero-order chi connectivity index (χ0) is 12.3. The van der Waals surface area contributed by atoms with Gasteiger partial charge in [0.25, 0.3) is 5.69 Å². The molecule has 4 nitrogen and oxygen atoms in total. The Morgan fingerprint density at radius 1 is 1.35 bits per heavy atom. The van der Waals surface area contributed by atoms with Gasteiger partial charge < -0.3 is 5.32 Å². The molecule has 0 spiro atoms. The molecular weight excluding hydrogens is 260 g/mol. The normalized spacial score (nSPS) is 10.2. The Bertz CT molecular complexity index is 528. The monoisotopic (exact) mass is 268 g/mol. The Kier molecular flexibility index (Phi) is 3.61. The zero-order valence-electron chi connectivity index (χ0n) is 8.72. The van der Waals surface area contributed by atoms with Crippen molar-refractivity contribution >= 4 is 34.3 Å². The first-order chi connectivity index (χ1) is 8.18. The molecule has 0 aliphatic carbocycles. The largest absolute Gasteiger partial charge is 0.373 e. The van der Waals surface area contributed by atoms with Crippen LogP contribution in [0.1, 0.15) is 4.88 Å². The number of nitro benzene ring substituents is 1. The lowest BCUT2D eigenvalue weighted by Crippen LogP contribution is -2.02. The van der Waals surface area contributed by atoms with Crippen LogP contribution in [-0.2, 0) is 6.54 Å². The molecule has 0 amide bonds. The molecule has 88 valence electrons. The molecule has 0 fully saturated rings. The standard InChI is InChI=1S/C11H9ClN2O2S/c12-9-4-1-5-10(14(15)16)11(9)13-7-8-3-2-6-17-8/h1-6,13H,7H2. The first kappa shape index (κ1) is 11.9. The number of para-hydroxylation sites is 1. The van der Waals surface area contributed by atoms with Gasteiger partial charge in [0.15, 0.2) is 0 Å². The van der Waals surface area contributed by atoms with Gasteiger partial charge in [0.1, 0.15) is 5.69 Å². The molecule has 0 saturated carbocycles. The average molecular weight is 269 g/mol. The number of halogens is 1. The van der Waals surface area contributed by atoms with E-state index in [1.54, 1.807) is 23.5 Å². The smallest absolute Gasteiger partial charge is 0.293 e. The number of hydrogen-bond acceptors (Lipinski definition) is 4. The van der Waals surface area contributed by atoms with Crippen LogP contribution >= 0.6 is 22.9 Å². The van der Waals surface area contributed by atoms with Crippen LogP contribution in [-0.4, -0.2) is 4.92 Å². The highest BCUT2D eigenvalue weighted by molar-refractivity contribution is 7.09. The summed E-state index contributed by atoms with van der Waals surface area (Å²) in [7, 11) is 0.